The number of nitrogens with zero attached hydrogens (tertiary/aromatic N) is 1. The number of carbonyl (C=O) groups is 2. The monoisotopic (exact) mass is 388 g/mol. The zero-order valence-electron chi connectivity index (χ0n) is 15.9. The first kappa shape index (κ1) is 21.0. The van der Waals surface area contributed by atoms with Gasteiger partial charge in [0.2, 0.25) is 11.8 Å². The third kappa shape index (κ3) is 6.40. The van der Waals surface area contributed by atoms with E-state index >= 15 is 0 Å². The first-order chi connectivity index (χ1) is 12.9. The molecule has 27 heavy (non-hydrogen) atoms. The molecule has 0 spiro atoms. The Morgan fingerprint density at radius 2 is 1.67 bits per heavy atom. The highest BCUT2D eigenvalue weighted by atomic mass is 32.2. The number of aryl methyl sites for hydroxylation is 1. The molecule has 0 heterocycles. The van der Waals surface area contributed by atoms with E-state index < -0.39 is 6.04 Å². The number of amides is 2. The molecule has 0 fully saturated rings. The first-order valence-electron chi connectivity index (χ1n) is 8.79. The third-order valence-corrected chi connectivity index (χ3v) is 5.28. The highest BCUT2D eigenvalue weighted by Crippen LogP contribution is 2.16. The summed E-state index contributed by atoms with van der Waals surface area (Å²) in [6.07, 6.45) is 0. The minimum Gasteiger partial charge on any atom is -0.357 e. The molecule has 0 aliphatic rings. The second-order valence-electron chi connectivity index (χ2n) is 6.42. The topological polar surface area (TPSA) is 49.4 Å². The maximum Gasteiger partial charge on any atom is 0.242 e. The van der Waals surface area contributed by atoms with Crippen LogP contribution in [-0.2, 0) is 21.9 Å². The van der Waals surface area contributed by atoms with E-state index in [1.807, 2.05) is 19.1 Å². The number of likely N-dealkylation sites (N-methyl/N-ethyl adjacent to an activating group) is 1. The van der Waals surface area contributed by atoms with Crippen molar-refractivity contribution < 1.29 is 14.0 Å². The molecule has 1 unspecified atom stereocenters. The van der Waals surface area contributed by atoms with Crippen molar-refractivity contribution in [2.24, 2.45) is 0 Å². The van der Waals surface area contributed by atoms with Crippen molar-refractivity contribution in [1.82, 2.24) is 10.2 Å². The van der Waals surface area contributed by atoms with Crippen molar-refractivity contribution in [3.05, 3.63) is 71.0 Å². The predicted molar refractivity (Wildman–Crippen MR) is 108 cm³/mol. The van der Waals surface area contributed by atoms with Crippen LogP contribution in [0.4, 0.5) is 4.39 Å². The van der Waals surface area contributed by atoms with Gasteiger partial charge in [0, 0.05) is 19.3 Å². The molecule has 2 aromatic rings. The molecule has 6 heteroatoms. The number of nitrogens with one attached hydrogen (secondary N) is 1. The van der Waals surface area contributed by atoms with Crippen molar-refractivity contribution >= 4 is 23.6 Å². The Morgan fingerprint density at radius 1 is 1.07 bits per heavy atom. The van der Waals surface area contributed by atoms with Gasteiger partial charge in [0.1, 0.15) is 11.9 Å². The lowest BCUT2D eigenvalue weighted by Crippen LogP contribution is -2.47. The van der Waals surface area contributed by atoms with Gasteiger partial charge in [-0.25, -0.2) is 4.39 Å². The maximum absolute atomic E-state index is 13.1. The summed E-state index contributed by atoms with van der Waals surface area (Å²) in [5.41, 5.74) is 3.14. The zero-order chi connectivity index (χ0) is 19.8. The van der Waals surface area contributed by atoms with Gasteiger partial charge in [0.25, 0.3) is 0 Å². The molecule has 0 radical (unpaired) electrons. The van der Waals surface area contributed by atoms with Crippen molar-refractivity contribution in [1.29, 1.82) is 0 Å². The Balaban J connectivity index is 2.02. The van der Waals surface area contributed by atoms with Crippen LogP contribution in [-0.4, -0.2) is 35.6 Å². The van der Waals surface area contributed by atoms with E-state index in [9.17, 15) is 14.0 Å². The van der Waals surface area contributed by atoms with Crippen molar-refractivity contribution in [3.63, 3.8) is 0 Å². The van der Waals surface area contributed by atoms with E-state index in [-0.39, 0.29) is 29.9 Å². The molecule has 4 nitrogen and oxygen atoms in total. The average molecular weight is 389 g/mol. The summed E-state index contributed by atoms with van der Waals surface area (Å²) in [6.45, 7) is 4.00. The van der Waals surface area contributed by atoms with Crippen LogP contribution in [0, 0.1) is 12.7 Å². The molecule has 2 aromatic carbocycles. The average Bonchev–Trinajstić information content (AvgIpc) is 2.67. The summed E-state index contributed by atoms with van der Waals surface area (Å²) < 4.78 is 13.1. The van der Waals surface area contributed by atoms with Gasteiger partial charge in [-0.05, 0) is 37.1 Å². The number of halogens is 1. The fraction of sp³-hybridized carbons (Fsp3) is 0.333. The van der Waals surface area contributed by atoms with Crippen LogP contribution in [0.25, 0.3) is 0 Å². The summed E-state index contributed by atoms with van der Waals surface area (Å²) in [5, 5.41) is 2.58. The van der Waals surface area contributed by atoms with Gasteiger partial charge in [-0.15, -0.1) is 11.8 Å². The van der Waals surface area contributed by atoms with E-state index in [0.29, 0.717) is 0 Å². The van der Waals surface area contributed by atoms with Crippen molar-refractivity contribution in [3.8, 4) is 0 Å². The Bertz CT molecular complexity index is 763. The molecule has 1 atom stereocenters. The van der Waals surface area contributed by atoms with Gasteiger partial charge in [0.05, 0.1) is 5.75 Å². The van der Waals surface area contributed by atoms with Crippen LogP contribution >= 0.6 is 11.8 Å². The van der Waals surface area contributed by atoms with Gasteiger partial charge in [-0.2, -0.15) is 0 Å². The second kappa shape index (κ2) is 10.1. The van der Waals surface area contributed by atoms with E-state index in [1.54, 1.807) is 26.1 Å². The lowest BCUT2D eigenvalue weighted by Gasteiger charge is -2.28. The zero-order valence-corrected chi connectivity index (χ0v) is 16.7. The van der Waals surface area contributed by atoms with Crippen LogP contribution < -0.4 is 5.32 Å². The molecule has 0 bridgehead atoms. The Hall–Kier alpha value is -2.34. The number of carbonyl (C=O) groups excluding carboxylic acids is 2. The smallest absolute Gasteiger partial charge is 0.242 e. The quantitative estimate of drug-likeness (QED) is 0.753. The van der Waals surface area contributed by atoms with Gasteiger partial charge in [0.15, 0.2) is 0 Å². The van der Waals surface area contributed by atoms with E-state index in [1.165, 1.54) is 34.4 Å². The summed E-state index contributed by atoms with van der Waals surface area (Å²) in [4.78, 5) is 26.4. The number of hydrogen-bond donors (Lipinski definition) is 1. The molecule has 0 aliphatic heterocycles. The Morgan fingerprint density at radius 3 is 2.26 bits per heavy atom. The van der Waals surface area contributed by atoms with Crippen LogP contribution in [0.5, 0.6) is 0 Å². The minimum atomic E-state index is -0.604. The molecular weight excluding hydrogens is 363 g/mol. The fourth-order valence-corrected chi connectivity index (χ4v) is 3.47. The molecule has 2 amide bonds. The molecule has 0 saturated carbocycles. The Kier molecular flexibility index (Phi) is 7.85. The first-order valence-corrected chi connectivity index (χ1v) is 9.95. The SMILES string of the molecule is CNC(=O)C(C)N(Cc1ccc(F)cc1)C(=O)CSCc1ccc(C)cc1. The standard InChI is InChI=1S/C21H25FN2O2S/c1-15-4-6-18(7-5-15)13-27-14-20(25)24(16(2)21(26)23-3)12-17-8-10-19(22)11-9-17/h4-11,16H,12-14H2,1-3H3,(H,23,26). The maximum atomic E-state index is 13.1. The highest BCUT2D eigenvalue weighted by molar-refractivity contribution is 7.99. The van der Waals surface area contributed by atoms with Crippen molar-refractivity contribution in [2.45, 2.75) is 32.2 Å². The lowest BCUT2D eigenvalue weighted by atomic mass is 10.1. The lowest BCUT2D eigenvalue weighted by molar-refractivity contribution is -0.138. The van der Waals surface area contributed by atoms with Gasteiger partial charge >= 0.3 is 0 Å². The van der Waals surface area contributed by atoms with Crippen LogP contribution in [0.1, 0.15) is 23.6 Å². The molecular formula is C21H25FN2O2S. The third-order valence-electron chi connectivity index (χ3n) is 4.29. The summed E-state index contributed by atoms with van der Waals surface area (Å²) in [5.74, 6) is 0.326. The Labute approximate surface area is 164 Å². The molecule has 144 valence electrons. The van der Waals surface area contributed by atoms with Crippen LogP contribution in [0.15, 0.2) is 48.5 Å². The summed E-state index contributed by atoms with van der Waals surface area (Å²) in [7, 11) is 1.55. The van der Waals surface area contributed by atoms with Gasteiger partial charge < -0.3 is 10.2 Å². The number of thioether (sulfide) groups is 1. The minimum absolute atomic E-state index is 0.118. The largest absolute Gasteiger partial charge is 0.357 e. The normalized spacial score (nSPS) is 11.7. The molecule has 0 aromatic heterocycles. The van der Waals surface area contributed by atoms with Crippen LogP contribution in [0.3, 0.4) is 0 Å². The van der Waals surface area contributed by atoms with E-state index in [2.05, 4.69) is 17.4 Å². The number of rotatable bonds is 8. The molecule has 0 saturated heterocycles. The summed E-state index contributed by atoms with van der Waals surface area (Å²) >= 11 is 1.52. The molecule has 2 rings (SSSR count). The van der Waals surface area contributed by atoms with Crippen LogP contribution in [0.2, 0.25) is 0 Å². The number of hydrogen-bond acceptors (Lipinski definition) is 3. The predicted octanol–water partition coefficient (Wildman–Crippen LogP) is 3.53. The number of benzene rings is 2. The van der Waals surface area contributed by atoms with E-state index in [0.717, 1.165) is 16.9 Å². The van der Waals surface area contributed by atoms with Crippen molar-refractivity contribution in [2.75, 3.05) is 12.8 Å². The molecule has 0 aliphatic carbocycles. The van der Waals surface area contributed by atoms with E-state index in [4.69, 9.17) is 0 Å². The molecule has 1 N–H and O–H groups in total. The van der Waals surface area contributed by atoms with Gasteiger partial charge in [-0.3, -0.25) is 9.59 Å². The highest BCUT2D eigenvalue weighted by Gasteiger charge is 2.25. The second-order valence-corrected chi connectivity index (χ2v) is 7.40. The summed E-state index contributed by atoms with van der Waals surface area (Å²) in [6, 6.07) is 13.6. The van der Waals surface area contributed by atoms with Gasteiger partial charge in [-0.1, -0.05) is 42.0 Å². The fourth-order valence-electron chi connectivity index (χ4n) is 2.60.